The van der Waals surface area contributed by atoms with Gasteiger partial charge in [-0.05, 0) is 24.1 Å². The quantitative estimate of drug-likeness (QED) is 0.594. The number of phenolic OH excluding ortho intramolecular Hbond substituents is 1. The number of hydrogen-bond donors (Lipinski definition) is 2. The SMILES string of the molecule is CC.CCC(C)C.Cn1ccc2ncnc(Nc3ccc(F)cc3O)c21. The van der Waals surface area contributed by atoms with E-state index in [0.717, 1.165) is 23.0 Å². The minimum Gasteiger partial charge on any atom is -0.506 e. The summed E-state index contributed by atoms with van der Waals surface area (Å²) >= 11 is 0. The van der Waals surface area contributed by atoms with Crippen molar-refractivity contribution >= 4 is 22.5 Å². The lowest BCUT2D eigenvalue weighted by atomic mass is 10.2. The van der Waals surface area contributed by atoms with Gasteiger partial charge < -0.3 is 15.0 Å². The molecule has 0 aliphatic carbocycles. The maximum Gasteiger partial charge on any atom is 0.158 e. The molecular formula is C20H29FN4O. The van der Waals surface area contributed by atoms with Gasteiger partial charge in [-0.25, -0.2) is 14.4 Å². The maximum atomic E-state index is 12.9. The Morgan fingerprint density at radius 1 is 1.19 bits per heavy atom. The average molecular weight is 360 g/mol. The highest BCUT2D eigenvalue weighted by Gasteiger charge is 2.09. The Hall–Kier alpha value is -2.63. The lowest BCUT2D eigenvalue weighted by Gasteiger charge is -2.09. The lowest BCUT2D eigenvalue weighted by Crippen LogP contribution is -1.98. The summed E-state index contributed by atoms with van der Waals surface area (Å²) in [7, 11) is 1.88. The van der Waals surface area contributed by atoms with E-state index in [-0.39, 0.29) is 5.75 Å². The number of hydrogen-bond acceptors (Lipinski definition) is 4. The number of benzene rings is 1. The molecule has 0 atom stereocenters. The highest BCUT2D eigenvalue weighted by atomic mass is 19.1. The monoisotopic (exact) mass is 360 g/mol. The molecule has 0 unspecified atom stereocenters. The molecule has 0 aliphatic rings. The summed E-state index contributed by atoms with van der Waals surface area (Å²) in [5, 5.41) is 12.7. The summed E-state index contributed by atoms with van der Waals surface area (Å²) in [5.41, 5.74) is 2.00. The normalized spacial score (nSPS) is 10.0. The molecule has 3 rings (SSSR count). The number of phenols is 1. The van der Waals surface area contributed by atoms with Crippen LogP contribution in [0.1, 0.15) is 41.0 Å². The van der Waals surface area contributed by atoms with Gasteiger partial charge in [-0.3, -0.25) is 0 Å². The van der Waals surface area contributed by atoms with Gasteiger partial charge in [-0.15, -0.1) is 0 Å². The van der Waals surface area contributed by atoms with E-state index in [2.05, 4.69) is 36.1 Å². The fourth-order valence-electron chi connectivity index (χ4n) is 1.95. The Kier molecular flexibility index (Phi) is 8.55. The van der Waals surface area contributed by atoms with Gasteiger partial charge in [0.05, 0.1) is 11.2 Å². The van der Waals surface area contributed by atoms with Crippen LogP contribution in [0.2, 0.25) is 0 Å². The minimum atomic E-state index is -0.491. The number of anilines is 2. The van der Waals surface area contributed by atoms with Crippen molar-refractivity contribution in [2.45, 2.75) is 41.0 Å². The van der Waals surface area contributed by atoms with Crippen molar-refractivity contribution in [1.29, 1.82) is 0 Å². The molecule has 1 aromatic carbocycles. The van der Waals surface area contributed by atoms with Crippen molar-refractivity contribution in [3.63, 3.8) is 0 Å². The van der Waals surface area contributed by atoms with E-state index in [0.29, 0.717) is 11.5 Å². The van der Waals surface area contributed by atoms with E-state index in [9.17, 15) is 9.50 Å². The molecule has 6 heteroatoms. The van der Waals surface area contributed by atoms with Gasteiger partial charge in [0.1, 0.15) is 23.4 Å². The summed E-state index contributed by atoms with van der Waals surface area (Å²) in [4.78, 5) is 8.30. The Morgan fingerprint density at radius 2 is 1.85 bits per heavy atom. The smallest absolute Gasteiger partial charge is 0.158 e. The van der Waals surface area contributed by atoms with E-state index in [1.54, 1.807) is 0 Å². The molecule has 26 heavy (non-hydrogen) atoms. The van der Waals surface area contributed by atoms with Crippen LogP contribution in [-0.2, 0) is 7.05 Å². The van der Waals surface area contributed by atoms with Crippen molar-refractivity contribution in [3.8, 4) is 5.75 Å². The van der Waals surface area contributed by atoms with Crippen LogP contribution in [-0.4, -0.2) is 19.6 Å². The standard InChI is InChI=1S/C13H11FN4O.C5H12.C2H6/c1-18-5-4-10-12(18)13(16-7-15-10)17-9-3-2-8(14)6-11(9)19;1-4-5(2)3;1-2/h2-7,19H,1H3,(H,15,16,17);5H,4H2,1-3H3;1-2H3. The van der Waals surface area contributed by atoms with E-state index < -0.39 is 5.82 Å². The third-order valence-electron chi connectivity index (χ3n) is 3.69. The van der Waals surface area contributed by atoms with Gasteiger partial charge in [-0.2, -0.15) is 0 Å². The summed E-state index contributed by atoms with van der Waals surface area (Å²) in [6.45, 7) is 10.6. The molecule has 5 nitrogen and oxygen atoms in total. The Morgan fingerprint density at radius 3 is 2.42 bits per heavy atom. The first-order valence-electron chi connectivity index (χ1n) is 8.94. The van der Waals surface area contributed by atoms with Gasteiger partial charge in [-0.1, -0.05) is 41.0 Å². The van der Waals surface area contributed by atoms with E-state index in [1.807, 2.05) is 37.7 Å². The van der Waals surface area contributed by atoms with Crippen molar-refractivity contribution < 1.29 is 9.50 Å². The number of fused-ring (bicyclic) bond motifs is 1. The van der Waals surface area contributed by atoms with Gasteiger partial charge in [0.15, 0.2) is 5.82 Å². The predicted octanol–water partition coefficient (Wildman–Crippen LogP) is 5.64. The van der Waals surface area contributed by atoms with Gasteiger partial charge in [0.25, 0.3) is 0 Å². The molecule has 2 heterocycles. The number of nitrogens with zero attached hydrogens (tertiary/aromatic N) is 3. The number of aromatic nitrogens is 3. The van der Waals surface area contributed by atoms with Crippen LogP contribution in [0.3, 0.4) is 0 Å². The first kappa shape index (κ1) is 21.4. The average Bonchev–Trinajstić information content (AvgIpc) is 3.02. The second-order valence-electron chi connectivity index (χ2n) is 5.97. The highest BCUT2D eigenvalue weighted by molar-refractivity contribution is 5.88. The highest BCUT2D eigenvalue weighted by Crippen LogP contribution is 2.29. The number of aromatic hydroxyl groups is 1. The van der Waals surface area contributed by atoms with Crippen LogP contribution >= 0.6 is 0 Å². The van der Waals surface area contributed by atoms with Crippen LogP contribution in [0, 0.1) is 11.7 Å². The van der Waals surface area contributed by atoms with Crippen molar-refractivity contribution in [2.24, 2.45) is 13.0 Å². The van der Waals surface area contributed by atoms with E-state index >= 15 is 0 Å². The molecule has 0 radical (unpaired) electrons. The van der Waals surface area contributed by atoms with E-state index in [4.69, 9.17) is 0 Å². The second kappa shape index (κ2) is 10.4. The van der Waals surface area contributed by atoms with Crippen LogP contribution < -0.4 is 5.32 Å². The number of aryl methyl sites for hydroxylation is 1. The minimum absolute atomic E-state index is 0.166. The van der Waals surface area contributed by atoms with Crippen LogP contribution in [0.5, 0.6) is 5.75 Å². The number of nitrogens with one attached hydrogen (secondary N) is 1. The molecule has 0 saturated carbocycles. The van der Waals surface area contributed by atoms with E-state index in [1.165, 1.54) is 24.9 Å². The Labute approximate surface area is 154 Å². The maximum absolute atomic E-state index is 12.9. The zero-order valence-electron chi connectivity index (χ0n) is 16.4. The zero-order chi connectivity index (χ0) is 19.7. The largest absolute Gasteiger partial charge is 0.506 e. The third kappa shape index (κ3) is 5.72. The summed E-state index contributed by atoms with van der Waals surface area (Å²) in [6.07, 6.45) is 4.61. The van der Waals surface area contributed by atoms with Crippen LogP contribution in [0.15, 0.2) is 36.8 Å². The molecule has 0 aliphatic heterocycles. The fraction of sp³-hybridized carbons (Fsp3) is 0.400. The molecule has 0 fully saturated rings. The predicted molar refractivity (Wildman–Crippen MR) is 106 cm³/mol. The molecule has 0 bridgehead atoms. The summed E-state index contributed by atoms with van der Waals surface area (Å²) in [6, 6.07) is 5.64. The van der Waals surface area contributed by atoms with Crippen molar-refractivity contribution in [2.75, 3.05) is 5.32 Å². The molecule has 142 valence electrons. The third-order valence-corrected chi connectivity index (χ3v) is 3.69. The Bertz CT molecular complexity index is 815. The molecule has 2 aromatic heterocycles. The van der Waals surface area contributed by atoms with Crippen molar-refractivity contribution in [3.05, 3.63) is 42.6 Å². The molecule has 3 aromatic rings. The summed E-state index contributed by atoms with van der Waals surface area (Å²) in [5.74, 6) is 0.783. The molecule has 0 spiro atoms. The first-order valence-corrected chi connectivity index (χ1v) is 8.94. The molecule has 2 N–H and O–H groups in total. The van der Waals surface area contributed by atoms with Crippen LogP contribution in [0.25, 0.3) is 11.0 Å². The molecule has 0 amide bonds. The van der Waals surface area contributed by atoms with Crippen molar-refractivity contribution in [1.82, 2.24) is 14.5 Å². The number of halogens is 1. The van der Waals surface area contributed by atoms with Gasteiger partial charge >= 0.3 is 0 Å². The summed E-state index contributed by atoms with van der Waals surface area (Å²) < 4.78 is 14.8. The van der Waals surface area contributed by atoms with Crippen LogP contribution in [0.4, 0.5) is 15.9 Å². The second-order valence-corrected chi connectivity index (χ2v) is 5.97. The van der Waals surface area contributed by atoms with Gasteiger partial charge in [0.2, 0.25) is 0 Å². The zero-order valence-corrected chi connectivity index (χ0v) is 16.4. The topological polar surface area (TPSA) is 63.0 Å². The molecule has 0 saturated heterocycles. The molecular weight excluding hydrogens is 331 g/mol. The number of rotatable bonds is 3. The Balaban J connectivity index is 0.000000420. The van der Waals surface area contributed by atoms with Gasteiger partial charge in [0, 0.05) is 19.3 Å². The fourth-order valence-corrected chi connectivity index (χ4v) is 1.95. The first-order chi connectivity index (χ1) is 12.4. The lowest BCUT2D eigenvalue weighted by molar-refractivity contribution is 0.471.